The lowest BCUT2D eigenvalue weighted by Gasteiger charge is -2.18. The van der Waals surface area contributed by atoms with Crippen molar-refractivity contribution in [3.8, 4) is 0 Å². The van der Waals surface area contributed by atoms with E-state index in [0.29, 0.717) is 12.2 Å². The van der Waals surface area contributed by atoms with Crippen LogP contribution < -0.4 is 10.6 Å². The molecule has 0 spiro atoms. The van der Waals surface area contributed by atoms with Gasteiger partial charge in [0.1, 0.15) is 5.69 Å². The van der Waals surface area contributed by atoms with Gasteiger partial charge in [-0.2, -0.15) is 0 Å². The molecule has 1 aromatic rings. The zero-order valence-electron chi connectivity index (χ0n) is 10.3. The Labute approximate surface area is 96.5 Å². The fourth-order valence-electron chi connectivity index (χ4n) is 1.11. The Morgan fingerprint density at radius 1 is 1.38 bits per heavy atom. The van der Waals surface area contributed by atoms with Crippen molar-refractivity contribution in [2.45, 2.75) is 20.8 Å². The first-order valence-corrected chi connectivity index (χ1v) is 5.34. The van der Waals surface area contributed by atoms with Crippen LogP contribution in [0.25, 0.3) is 0 Å². The maximum Gasteiger partial charge on any atom is 0.269 e. The smallest absolute Gasteiger partial charge is 0.269 e. The Bertz CT molecular complexity index is 352. The molecule has 4 nitrogen and oxygen atoms in total. The van der Waals surface area contributed by atoms with E-state index in [1.165, 1.54) is 0 Å². The normalized spacial score (nSPS) is 11.0. The number of anilines is 1. The molecule has 0 bridgehead atoms. The van der Waals surface area contributed by atoms with Gasteiger partial charge in [-0.3, -0.25) is 4.79 Å². The van der Waals surface area contributed by atoms with E-state index in [1.807, 2.05) is 13.1 Å². The van der Waals surface area contributed by atoms with E-state index in [0.717, 1.165) is 5.69 Å². The van der Waals surface area contributed by atoms with Gasteiger partial charge < -0.3 is 10.6 Å². The fourth-order valence-corrected chi connectivity index (χ4v) is 1.11. The largest absolute Gasteiger partial charge is 0.387 e. The first kappa shape index (κ1) is 12.5. The molecular formula is C12H19N3O. The number of hydrogen-bond donors (Lipinski definition) is 2. The van der Waals surface area contributed by atoms with Crippen LogP contribution in [0.5, 0.6) is 0 Å². The third kappa shape index (κ3) is 3.88. The first-order valence-electron chi connectivity index (χ1n) is 5.34. The average Bonchev–Trinajstić information content (AvgIpc) is 2.25. The Balaban J connectivity index is 2.59. The standard InChI is InChI=1S/C12H19N3O/c1-12(2,3)8-15-11(16)10-6-5-9(13-4)7-14-10/h5-7,13H,8H2,1-4H3,(H,15,16). The van der Waals surface area contributed by atoms with E-state index in [4.69, 9.17) is 0 Å². The van der Waals surface area contributed by atoms with Crippen molar-refractivity contribution >= 4 is 11.6 Å². The fraction of sp³-hybridized carbons (Fsp3) is 0.500. The summed E-state index contributed by atoms with van der Waals surface area (Å²) < 4.78 is 0. The second-order valence-electron chi connectivity index (χ2n) is 4.93. The predicted octanol–water partition coefficient (Wildman–Crippen LogP) is 1.90. The van der Waals surface area contributed by atoms with Crippen LogP contribution in [0, 0.1) is 5.41 Å². The van der Waals surface area contributed by atoms with Crippen molar-refractivity contribution < 1.29 is 4.79 Å². The highest BCUT2D eigenvalue weighted by molar-refractivity contribution is 5.92. The molecule has 0 unspecified atom stereocenters. The quantitative estimate of drug-likeness (QED) is 0.819. The molecule has 88 valence electrons. The van der Waals surface area contributed by atoms with E-state index in [2.05, 4.69) is 36.4 Å². The van der Waals surface area contributed by atoms with Crippen LogP contribution in [0.1, 0.15) is 31.3 Å². The van der Waals surface area contributed by atoms with E-state index in [1.54, 1.807) is 12.3 Å². The van der Waals surface area contributed by atoms with Gasteiger partial charge in [0.25, 0.3) is 5.91 Å². The van der Waals surface area contributed by atoms with Gasteiger partial charge in [-0.05, 0) is 17.5 Å². The van der Waals surface area contributed by atoms with Gasteiger partial charge in [0.05, 0.1) is 11.9 Å². The van der Waals surface area contributed by atoms with Gasteiger partial charge in [-0.25, -0.2) is 4.98 Å². The maximum atomic E-state index is 11.7. The molecule has 16 heavy (non-hydrogen) atoms. The third-order valence-electron chi connectivity index (χ3n) is 2.06. The van der Waals surface area contributed by atoms with Gasteiger partial charge in [0.15, 0.2) is 0 Å². The highest BCUT2D eigenvalue weighted by Gasteiger charge is 2.13. The number of rotatable bonds is 3. The Hall–Kier alpha value is -1.58. The van der Waals surface area contributed by atoms with Gasteiger partial charge in [-0.1, -0.05) is 20.8 Å². The van der Waals surface area contributed by atoms with Gasteiger partial charge in [0.2, 0.25) is 0 Å². The molecule has 0 atom stereocenters. The van der Waals surface area contributed by atoms with E-state index >= 15 is 0 Å². The molecule has 0 saturated heterocycles. The maximum absolute atomic E-state index is 11.7. The molecular weight excluding hydrogens is 202 g/mol. The topological polar surface area (TPSA) is 54.0 Å². The van der Waals surface area contributed by atoms with E-state index < -0.39 is 0 Å². The van der Waals surface area contributed by atoms with Crippen LogP contribution in [-0.4, -0.2) is 24.5 Å². The molecule has 0 radical (unpaired) electrons. The van der Waals surface area contributed by atoms with E-state index in [9.17, 15) is 4.79 Å². The summed E-state index contributed by atoms with van der Waals surface area (Å²) in [7, 11) is 1.82. The van der Waals surface area contributed by atoms with Crippen LogP contribution >= 0.6 is 0 Å². The molecule has 1 amide bonds. The van der Waals surface area contributed by atoms with Crippen LogP contribution in [0.2, 0.25) is 0 Å². The minimum absolute atomic E-state index is 0.0839. The summed E-state index contributed by atoms with van der Waals surface area (Å²) in [4.78, 5) is 15.8. The predicted molar refractivity (Wildman–Crippen MR) is 65.6 cm³/mol. The SMILES string of the molecule is CNc1ccc(C(=O)NCC(C)(C)C)nc1. The van der Waals surface area contributed by atoms with Crippen LogP contribution in [0.3, 0.4) is 0 Å². The number of pyridine rings is 1. The van der Waals surface area contributed by atoms with Crippen LogP contribution in [0.15, 0.2) is 18.3 Å². The lowest BCUT2D eigenvalue weighted by Crippen LogP contribution is -2.32. The summed E-state index contributed by atoms with van der Waals surface area (Å²) in [6, 6.07) is 3.54. The minimum Gasteiger partial charge on any atom is -0.387 e. The lowest BCUT2D eigenvalue weighted by molar-refractivity contribution is 0.0934. The van der Waals surface area contributed by atoms with Crippen molar-refractivity contribution in [2.75, 3.05) is 18.9 Å². The molecule has 0 aliphatic carbocycles. The summed E-state index contributed by atoms with van der Waals surface area (Å²) in [6.45, 7) is 6.86. The summed E-state index contributed by atoms with van der Waals surface area (Å²) in [5, 5.41) is 5.81. The third-order valence-corrected chi connectivity index (χ3v) is 2.06. The van der Waals surface area contributed by atoms with Crippen molar-refractivity contribution in [3.63, 3.8) is 0 Å². The molecule has 1 aromatic heterocycles. The highest BCUT2D eigenvalue weighted by atomic mass is 16.1. The Morgan fingerprint density at radius 3 is 2.50 bits per heavy atom. The van der Waals surface area contributed by atoms with E-state index in [-0.39, 0.29) is 11.3 Å². The van der Waals surface area contributed by atoms with Crippen LogP contribution in [0.4, 0.5) is 5.69 Å². The van der Waals surface area contributed by atoms with Crippen LogP contribution in [-0.2, 0) is 0 Å². The van der Waals surface area contributed by atoms with Crippen molar-refractivity contribution in [1.82, 2.24) is 10.3 Å². The Kier molecular flexibility index (Phi) is 3.88. The monoisotopic (exact) mass is 221 g/mol. The lowest BCUT2D eigenvalue weighted by atomic mass is 9.97. The summed E-state index contributed by atoms with van der Waals surface area (Å²) in [5.74, 6) is -0.127. The van der Waals surface area contributed by atoms with Gasteiger partial charge in [0, 0.05) is 13.6 Å². The number of amides is 1. The molecule has 2 N–H and O–H groups in total. The second kappa shape index (κ2) is 4.96. The first-order chi connectivity index (χ1) is 7.42. The van der Waals surface area contributed by atoms with Gasteiger partial charge >= 0.3 is 0 Å². The minimum atomic E-state index is -0.127. The van der Waals surface area contributed by atoms with Crippen molar-refractivity contribution in [1.29, 1.82) is 0 Å². The molecule has 4 heteroatoms. The summed E-state index contributed by atoms with van der Waals surface area (Å²) in [6.07, 6.45) is 1.64. The molecule has 0 saturated carbocycles. The highest BCUT2D eigenvalue weighted by Crippen LogP contribution is 2.11. The molecule has 1 heterocycles. The van der Waals surface area contributed by atoms with Crippen molar-refractivity contribution in [3.05, 3.63) is 24.0 Å². The number of nitrogens with zero attached hydrogens (tertiary/aromatic N) is 1. The summed E-state index contributed by atoms with van der Waals surface area (Å²) >= 11 is 0. The number of aromatic nitrogens is 1. The molecule has 0 aromatic carbocycles. The average molecular weight is 221 g/mol. The molecule has 0 aliphatic heterocycles. The number of hydrogen-bond acceptors (Lipinski definition) is 3. The zero-order valence-corrected chi connectivity index (χ0v) is 10.3. The zero-order chi connectivity index (χ0) is 12.2. The molecule has 1 rings (SSSR count). The molecule has 0 fully saturated rings. The number of nitrogens with one attached hydrogen (secondary N) is 2. The number of carbonyl (C=O) groups is 1. The summed E-state index contributed by atoms with van der Waals surface area (Å²) in [5.41, 5.74) is 1.43. The second-order valence-corrected chi connectivity index (χ2v) is 4.93. The molecule has 0 aliphatic rings. The Morgan fingerprint density at radius 2 is 2.06 bits per heavy atom. The number of carbonyl (C=O) groups excluding carboxylic acids is 1. The van der Waals surface area contributed by atoms with Crippen molar-refractivity contribution in [2.24, 2.45) is 5.41 Å². The van der Waals surface area contributed by atoms with Gasteiger partial charge in [-0.15, -0.1) is 0 Å².